The first-order valence-electron chi connectivity index (χ1n) is 8.15. The largest absolute Gasteiger partial charge is 0.466 e. The smallest absolute Gasteiger partial charge is 0.105 e. The Hall–Kier alpha value is -1.58. The molecule has 0 saturated carbocycles. The van der Waals surface area contributed by atoms with Crippen molar-refractivity contribution < 1.29 is 9.52 Å². The van der Waals surface area contributed by atoms with Crippen LogP contribution in [0.15, 0.2) is 40.8 Å². The Kier molecular flexibility index (Phi) is 4.65. The zero-order valence-corrected chi connectivity index (χ0v) is 13.5. The first-order chi connectivity index (χ1) is 10.6. The van der Waals surface area contributed by atoms with Crippen LogP contribution in [0.1, 0.15) is 41.6 Å². The van der Waals surface area contributed by atoms with Crippen molar-refractivity contribution in [2.24, 2.45) is 5.92 Å². The highest BCUT2D eigenvalue weighted by Gasteiger charge is 2.26. The van der Waals surface area contributed by atoms with Gasteiger partial charge in [-0.3, -0.25) is 4.90 Å². The molecule has 1 saturated heterocycles. The highest BCUT2D eigenvalue weighted by molar-refractivity contribution is 5.20. The Bertz CT molecular complexity index is 597. The minimum absolute atomic E-state index is 0.332. The number of aryl methyl sites for hydroxylation is 2. The Morgan fingerprint density at radius 1 is 1.18 bits per heavy atom. The lowest BCUT2D eigenvalue weighted by Crippen LogP contribution is -2.35. The lowest BCUT2D eigenvalue weighted by molar-refractivity contribution is 0.0566. The van der Waals surface area contributed by atoms with Gasteiger partial charge >= 0.3 is 0 Å². The number of furan rings is 1. The predicted octanol–water partition coefficient (Wildman–Crippen LogP) is 3.84. The maximum Gasteiger partial charge on any atom is 0.105 e. The minimum Gasteiger partial charge on any atom is -0.466 e. The van der Waals surface area contributed by atoms with Crippen LogP contribution in [0.25, 0.3) is 0 Å². The second-order valence-electron chi connectivity index (χ2n) is 6.41. The van der Waals surface area contributed by atoms with Crippen molar-refractivity contribution >= 4 is 0 Å². The Labute approximate surface area is 132 Å². The van der Waals surface area contributed by atoms with Crippen LogP contribution >= 0.6 is 0 Å². The van der Waals surface area contributed by atoms with Crippen molar-refractivity contribution in [3.63, 3.8) is 0 Å². The second kappa shape index (κ2) is 6.67. The van der Waals surface area contributed by atoms with Gasteiger partial charge in [0.2, 0.25) is 0 Å². The zero-order valence-electron chi connectivity index (χ0n) is 13.5. The summed E-state index contributed by atoms with van der Waals surface area (Å²) in [5.74, 6) is 2.39. The van der Waals surface area contributed by atoms with Gasteiger partial charge in [0.25, 0.3) is 0 Å². The Balaban J connectivity index is 1.55. The van der Waals surface area contributed by atoms with Crippen molar-refractivity contribution in [3.8, 4) is 0 Å². The van der Waals surface area contributed by atoms with Crippen LogP contribution in [0.4, 0.5) is 0 Å². The van der Waals surface area contributed by atoms with Crippen molar-refractivity contribution in [3.05, 3.63) is 59.0 Å². The lowest BCUT2D eigenvalue weighted by atomic mass is 9.87. The van der Waals surface area contributed by atoms with Gasteiger partial charge in [0.1, 0.15) is 11.5 Å². The van der Waals surface area contributed by atoms with Crippen molar-refractivity contribution in [1.29, 1.82) is 0 Å². The molecular formula is C19H25NO2. The number of nitrogens with zero attached hydrogens (tertiary/aromatic N) is 1. The third-order valence-corrected chi connectivity index (χ3v) is 4.76. The summed E-state index contributed by atoms with van der Waals surface area (Å²) in [6.45, 7) is 7.07. The third-order valence-electron chi connectivity index (χ3n) is 4.76. The molecule has 1 fully saturated rings. The minimum atomic E-state index is -0.332. The number of likely N-dealkylation sites (tertiary alicyclic amines) is 1. The Morgan fingerprint density at radius 2 is 1.86 bits per heavy atom. The summed E-state index contributed by atoms with van der Waals surface area (Å²) in [7, 11) is 0. The SMILES string of the molecule is Cc1cc(CN2CCC(C(O)c3ccccc3)CC2)c(C)o1. The van der Waals surface area contributed by atoms with Gasteiger partial charge in [-0.05, 0) is 57.3 Å². The molecule has 1 atom stereocenters. The average Bonchev–Trinajstić information content (AvgIpc) is 2.86. The maximum atomic E-state index is 10.5. The van der Waals surface area contributed by atoms with Crippen LogP contribution in [0.5, 0.6) is 0 Å². The number of piperidine rings is 1. The van der Waals surface area contributed by atoms with Crippen LogP contribution in [0, 0.1) is 19.8 Å². The number of aliphatic hydroxyl groups is 1. The molecule has 3 heteroatoms. The third kappa shape index (κ3) is 3.42. The average molecular weight is 299 g/mol. The molecule has 0 radical (unpaired) electrons. The zero-order chi connectivity index (χ0) is 15.5. The van der Waals surface area contributed by atoms with Crippen LogP contribution in [0.2, 0.25) is 0 Å². The van der Waals surface area contributed by atoms with Crippen molar-refractivity contribution in [2.45, 2.75) is 39.3 Å². The van der Waals surface area contributed by atoms with E-state index in [1.54, 1.807) is 0 Å². The summed E-state index contributed by atoms with van der Waals surface area (Å²) in [4.78, 5) is 2.46. The molecule has 0 bridgehead atoms. The number of benzene rings is 1. The molecule has 0 aliphatic carbocycles. The van der Waals surface area contributed by atoms with Gasteiger partial charge in [-0.15, -0.1) is 0 Å². The number of hydrogen-bond acceptors (Lipinski definition) is 3. The van der Waals surface area contributed by atoms with Gasteiger partial charge in [-0.25, -0.2) is 0 Å². The van der Waals surface area contributed by atoms with E-state index in [2.05, 4.69) is 11.0 Å². The highest BCUT2D eigenvalue weighted by atomic mass is 16.3. The molecule has 3 rings (SSSR count). The fraction of sp³-hybridized carbons (Fsp3) is 0.474. The molecule has 2 aromatic rings. The first kappa shape index (κ1) is 15.3. The quantitative estimate of drug-likeness (QED) is 0.932. The molecule has 2 heterocycles. The summed E-state index contributed by atoms with van der Waals surface area (Å²) in [5.41, 5.74) is 2.34. The monoisotopic (exact) mass is 299 g/mol. The molecule has 3 nitrogen and oxygen atoms in total. The summed E-state index contributed by atoms with van der Waals surface area (Å²) in [6.07, 6.45) is 1.76. The fourth-order valence-electron chi connectivity index (χ4n) is 3.43. The van der Waals surface area contributed by atoms with Crippen LogP contribution < -0.4 is 0 Å². The maximum absolute atomic E-state index is 10.5. The molecule has 118 valence electrons. The van der Waals surface area contributed by atoms with E-state index in [9.17, 15) is 5.11 Å². The molecule has 1 aromatic carbocycles. The van der Waals surface area contributed by atoms with E-state index in [1.165, 1.54) is 5.56 Å². The van der Waals surface area contributed by atoms with Gasteiger partial charge in [0, 0.05) is 12.1 Å². The molecule has 22 heavy (non-hydrogen) atoms. The number of rotatable bonds is 4. The molecule has 0 amide bonds. The van der Waals surface area contributed by atoms with Crippen molar-refractivity contribution in [2.75, 3.05) is 13.1 Å². The summed E-state index contributed by atoms with van der Waals surface area (Å²) >= 11 is 0. The molecule has 1 N–H and O–H groups in total. The van der Waals surface area contributed by atoms with Gasteiger partial charge in [0.05, 0.1) is 6.10 Å². The molecule has 1 aliphatic rings. The van der Waals surface area contributed by atoms with E-state index in [1.807, 2.05) is 44.2 Å². The van der Waals surface area contributed by atoms with E-state index in [0.29, 0.717) is 5.92 Å². The van der Waals surface area contributed by atoms with E-state index >= 15 is 0 Å². The molecule has 1 aromatic heterocycles. The predicted molar refractivity (Wildman–Crippen MR) is 87.6 cm³/mol. The topological polar surface area (TPSA) is 36.6 Å². The Morgan fingerprint density at radius 3 is 2.45 bits per heavy atom. The lowest BCUT2D eigenvalue weighted by Gasteiger charge is -2.34. The van der Waals surface area contributed by atoms with Crippen LogP contribution in [-0.2, 0) is 6.54 Å². The standard InChI is InChI=1S/C19H25NO2/c1-14-12-18(15(2)22-14)13-20-10-8-17(9-11-20)19(21)16-6-4-3-5-7-16/h3-7,12,17,19,21H,8-11,13H2,1-2H3. The number of hydrogen-bond donors (Lipinski definition) is 1. The molecule has 1 aliphatic heterocycles. The summed E-state index contributed by atoms with van der Waals surface area (Å²) < 4.78 is 5.61. The summed E-state index contributed by atoms with van der Waals surface area (Å²) in [5, 5.41) is 10.5. The molecular weight excluding hydrogens is 274 g/mol. The number of aliphatic hydroxyl groups excluding tert-OH is 1. The van der Waals surface area contributed by atoms with Crippen LogP contribution in [0.3, 0.4) is 0 Å². The van der Waals surface area contributed by atoms with Gasteiger partial charge < -0.3 is 9.52 Å². The van der Waals surface area contributed by atoms with Gasteiger partial charge in [-0.2, -0.15) is 0 Å². The second-order valence-corrected chi connectivity index (χ2v) is 6.41. The van der Waals surface area contributed by atoms with Gasteiger partial charge in [0.15, 0.2) is 0 Å². The normalized spacial score (nSPS) is 18.5. The van der Waals surface area contributed by atoms with E-state index in [-0.39, 0.29) is 6.10 Å². The molecule has 0 spiro atoms. The first-order valence-corrected chi connectivity index (χ1v) is 8.15. The van der Waals surface area contributed by atoms with E-state index in [0.717, 1.165) is 49.6 Å². The summed E-state index contributed by atoms with van der Waals surface area (Å²) in [6, 6.07) is 12.2. The van der Waals surface area contributed by atoms with Crippen LogP contribution in [-0.4, -0.2) is 23.1 Å². The highest BCUT2D eigenvalue weighted by Crippen LogP contribution is 2.31. The van der Waals surface area contributed by atoms with E-state index < -0.39 is 0 Å². The van der Waals surface area contributed by atoms with Gasteiger partial charge in [-0.1, -0.05) is 30.3 Å². The van der Waals surface area contributed by atoms with E-state index in [4.69, 9.17) is 4.42 Å². The fourth-order valence-corrected chi connectivity index (χ4v) is 3.43. The molecule has 1 unspecified atom stereocenters. The van der Waals surface area contributed by atoms with Crippen molar-refractivity contribution in [1.82, 2.24) is 4.90 Å².